The van der Waals surface area contributed by atoms with E-state index < -0.39 is 16.7 Å². The highest BCUT2D eigenvalue weighted by Gasteiger charge is 2.38. The molecule has 162 valence electrons. The Labute approximate surface area is 183 Å². The van der Waals surface area contributed by atoms with Gasteiger partial charge in [0.05, 0.1) is 23.2 Å². The summed E-state index contributed by atoms with van der Waals surface area (Å²) in [5, 5.41) is 28.1. The first kappa shape index (κ1) is 19.9. The normalized spacial score (nSPS) is 18.7. The van der Waals surface area contributed by atoms with Crippen molar-refractivity contribution < 1.29 is 14.1 Å². The standard InChI is InChI=1S/C23H21N5O4/c24-12-16-19(17-10-11-18(31-17)28(29)30)20-21(26-27-23(20)32-22(16)25)15-8-6-14(7-9-15)13-4-2-1-3-5-13/h6-11,13,19H,1-5,25H2,(H,26,27)/t19-/m1/s1. The molecule has 0 amide bonds. The molecule has 0 radical (unpaired) electrons. The Balaban J connectivity index is 1.57. The Morgan fingerprint density at radius 1 is 1.16 bits per heavy atom. The number of hydrogen-bond acceptors (Lipinski definition) is 7. The van der Waals surface area contributed by atoms with Crippen LogP contribution in [0.15, 0.2) is 52.3 Å². The topological polar surface area (TPSA) is 144 Å². The summed E-state index contributed by atoms with van der Waals surface area (Å²) in [6.07, 6.45) is 6.25. The predicted octanol–water partition coefficient (Wildman–Crippen LogP) is 4.84. The summed E-state index contributed by atoms with van der Waals surface area (Å²) in [5.41, 5.74) is 9.47. The van der Waals surface area contributed by atoms with Crippen molar-refractivity contribution in [2.45, 2.75) is 43.9 Å². The zero-order valence-electron chi connectivity index (χ0n) is 17.2. The van der Waals surface area contributed by atoms with Gasteiger partial charge in [-0.15, -0.1) is 5.10 Å². The van der Waals surface area contributed by atoms with Gasteiger partial charge < -0.3 is 14.9 Å². The first-order valence-electron chi connectivity index (χ1n) is 10.6. The number of nitrogens with two attached hydrogens (primary N) is 1. The van der Waals surface area contributed by atoms with E-state index in [1.807, 2.05) is 12.1 Å². The number of nitrogens with zero attached hydrogens (tertiary/aromatic N) is 3. The maximum absolute atomic E-state index is 11.1. The van der Waals surface area contributed by atoms with E-state index in [2.05, 4.69) is 28.4 Å². The molecule has 3 heterocycles. The lowest BCUT2D eigenvalue weighted by Gasteiger charge is -2.23. The van der Waals surface area contributed by atoms with E-state index in [1.165, 1.54) is 49.8 Å². The van der Waals surface area contributed by atoms with Crippen LogP contribution in [0, 0.1) is 21.4 Å². The Bertz CT molecular complexity index is 1240. The van der Waals surface area contributed by atoms with E-state index in [-0.39, 0.29) is 23.1 Å². The van der Waals surface area contributed by atoms with Gasteiger partial charge in [0.1, 0.15) is 22.3 Å². The summed E-state index contributed by atoms with van der Waals surface area (Å²) in [7, 11) is 0. The van der Waals surface area contributed by atoms with Gasteiger partial charge in [-0.2, -0.15) is 5.26 Å². The molecule has 1 aliphatic heterocycles. The summed E-state index contributed by atoms with van der Waals surface area (Å²) < 4.78 is 11.0. The van der Waals surface area contributed by atoms with Crippen molar-refractivity contribution in [1.82, 2.24) is 10.2 Å². The predicted molar refractivity (Wildman–Crippen MR) is 115 cm³/mol. The van der Waals surface area contributed by atoms with Crippen molar-refractivity contribution in [2.75, 3.05) is 0 Å². The fraction of sp³-hybridized carbons (Fsp3) is 0.304. The summed E-state index contributed by atoms with van der Waals surface area (Å²) in [6.45, 7) is 0. The Kier molecular flexibility index (Phi) is 4.90. The monoisotopic (exact) mass is 431 g/mol. The second-order valence-electron chi connectivity index (χ2n) is 8.13. The van der Waals surface area contributed by atoms with Crippen LogP contribution in [0.25, 0.3) is 11.3 Å². The van der Waals surface area contributed by atoms with Gasteiger partial charge in [0.25, 0.3) is 0 Å². The molecule has 1 fully saturated rings. The lowest BCUT2D eigenvalue weighted by Crippen LogP contribution is -2.20. The number of benzene rings is 1. The van der Waals surface area contributed by atoms with Crippen molar-refractivity contribution in [3.8, 4) is 23.2 Å². The Hall–Kier alpha value is -4.06. The number of allylic oxidation sites excluding steroid dienone is 1. The highest BCUT2D eigenvalue weighted by Crippen LogP contribution is 2.46. The SMILES string of the molecule is N#CC1=C(N)Oc2n[nH]c(-c3ccc(C4CCCCC4)cc3)c2[C@H]1c1ccc([N+](=O)[O-])o1. The third-order valence-electron chi connectivity index (χ3n) is 6.29. The van der Waals surface area contributed by atoms with E-state index in [1.54, 1.807) is 0 Å². The van der Waals surface area contributed by atoms with Crippen LogP contribution < -0.4 is 10.5 Å². The number of nitriles is 1. The second-order valence-corrected chi connectivity index (χ2v) is 8.13. The minimum Gasteiger partial charge on any atom is -0.420 e. The Morgan fingerprint density at radius 2 is 1.91 bits per heavy atom. The molecular weight excluding hydrogens is 410 g/mol. The minimum absolute atomic E-state index is 0.102. The number of H-pyrrole nitrogens is 1. The van der Waals surface area contributed by atoms with Crippen LogP contribution in [0.3, 0.4) is 0 Å². The molecule has 0 unspecified atom stereocenters. The number of fused-ring (bicyclic) bond motifs is 1. The molecule has 2 aromatic heterocycles. The zero-order chi connectivity index (χ0) is 22.2. The van der Waals surface area contributed by atoms with Gasteiger partial charge in [0.15, 0.2) is 0 Å². The van der Waals surface area contributed by atoms with E-state index in [0.29, 0.717) is 17.2 Å². The average Bonchev–Trinajstić information content (AvgIpc) is 3.46. The molecule has 1 aromatic carbocycles. The fourth-order valence-corrected chi connectivity index (χ4v) is 4.70. The molecular formula is C23H21N5O4. The molecule has 3 N–H and O–H groups in total. The van der Waals surface area contributed by atoms with E-state index >= 15 is 0 Å². The third kappa shape index (κ3) is 3.30. The van der Waals surface area contributed by atoms with Crippen molar-refractivity contribution in [2.24, 2.45) is 5.73 Å². The molecule has 1 atom stereocenters. The van der Waals surface area contributed by atoms with E-state index in [9.17, 15) is 15.4 Å². The highest BCUT2D eigenvalue weighted by atomic mass is 16.6. The molecule has 9 heteroatoms. The molecule has 0 bridgehead atoms. The molecule has 5 rings (SSSR count). The number of nitrogens with one attached hydrogen (secondary N) is 1. The first-order chi connectivity index (χ1) is 15.6. The molecule has 9 nitrogen and oxygen atoms in total. The van der Waals surface area contributed by atoms with Gasteiger partial charge in [0, 0.05) is 5.56 Å². The summed E-state index contributed by atoms with van der Waals surface area (Å²) in [5.74, 6) is -0.259. The fourth-order valence-electron chi connectivity index (χ4n) is 4.70. The average molecular weight is 431 g/mol. The molecule has 3 aromatic rings. The summed E-state index contributed by atoms with van der Waals surface area (Å²) >= 11 is 0. The van der Waals surface area contributed by atoms with E-state index in [0.717, 1.165) is 5.56 Å². The molecule has 1 aliphatic carbocycles. The van der Waals surface area contributed by atoms with Crippen LogP contribution in [0.1, 0.15) is 60.8 Å². The van der Waals surface area contributed by atoms with Gasteiger partial charge in [-0.25, -0.2) is 0 Å². The van der Waals surface area contributed by atoms with Gasteiger partial charge in [-0.3, -0.25) is 15.2 Å². The highest BCUT2D eigenvalue weighted by molar-refractivity contribution is 5.70. The maximum atomic E-state index is 11.1. The Morgan fingerprint density at radius 3 is 2.56 bits per heavy atom. The van der Waals surface area contributed by atoms with Crippen molar-refractivity contribution in [3.05, 3.63) is 74.9 Å². The maximum Gasteiger partial charge on any atom is 0.433 e. The molecule has 0 saturated heterocycles. The van der Waals surface area contributed by atoms with Crippen molar-refractivity contribution in [3.63, 3.8) is 0 Å². The molecule has 32 heavy (non-hydrogen) atoms. The summed E-state index contributed by atoms with van der Waals surface area (Å²) in [6, 6.07) is 13.1. The first-order valence-corrected chi connectivity index (χ1v) is 10.6. The van der Waals surface area contributed by atoms with Crippen LogP contribution in [0.2, 0.25) is 0 Å². The summed E-state index contributed by atoms with van der Waals surface area (Å²) in [4.78, 5) is 10.5. The number of aromatic nitrogens is 2. The van der Waals surface area contributed by atoms with Crippen LogP contribution >= 0.6 is 0 Å². The van der Waals surface area contributed by atoms with Crippen molar-refractivity contribution in [1.29, 1.82) is 5.26 Å². The number of aromatic amines is 1. The van der Waals surface area contributed by atoms with Crippen molar-refractivity contribution >= 4 is 5.88 Å². The smallest absolute Gasteiger partial charge is 0.420 e. The van der Waals surface area contributed by atoms with Gasteiger partial charge in [0.2, 0.25) is 11.8 Å². The molecule has 2 aliphatic rings. The van der Waals surface area contributed by atoms with Crippen LogP contribution in [-0.2, 0) is 0 Å². The number of ether oxygens (including phenoxy) is 1. The third-order valence-corrected chi connectivity index (χ3v) is 6.29. The van der Waals surface area contributed by atoms with E-state index in [4.69, 9.17) is 14.9 Å². The minimum atomic E-state index is -0.774. The van der Waals surface area contributed by atoms with Gasteiger partial charge in [-0.1, -0.05) is 43.5 Å². The quantitative estimate of drug-likeness (QED) is 0.444. The molecule has 1 saturated carbocycles. The van der Waals surface area contributed by atoms with Crippen LogP contribution in [0.4, 0.5) is 5.88 Å². The number of nitro groups is 1. The van der Waals surface area contributed by atoms with Crippen LogP contribution in [-0.4, -0.2) is 15.1 Å². The lowest BCUT2D eigenvalue weighted by atomic mass is 9.83. The second kappa shape index (κ2) is 7.89. The number of rotatable bonds is 4. The zero-order valence-corrected chi connectivity index (χ0v) is 17.2. The lowest BCUT2D eigenvalue weighted by molar-refractivity contribution is -0.402. The van der Waals surface area contributed by atoms with Crippen LogP contribution in [0.5, 0.6) is 5.88 Å². The number of hydrogen-bond donors (Lipinski definition) is 2. The largest absolute Gasteiger partial charge is 0.433 e. The number of furan rings is 1. The van der Waals surface area contributed by atoms with Gasteiger partial charge >= 0.3 is 5.88 Å². The molecule has 0 spiro atoms. The van der Waals surface area contributed by atoms with Gasteiger partial charge in [-0.05, 0) is 30.4 Å².